The summed E-state index contributed by atoms with van der Waals surface area (Å²) in [7, 11) is 1.41. The molecule has 0 heterocycles. The van der Waals surface area contributed by atoms with Gasteiger partial charge in [0.05, 0.1) is 7.11 Å². The van der Waals surface area contributed by atoms with E-state index < -0.39 is 12.3 Å². The predicted molar refractivity (Wildman–Crippen MR) is 117 cm³/mol. The fourth-order valence-electron chi connectivity index (χ4n) is 3.02. The number of carbonyl (C=O) groups excluding carboxylic acids is 2. The zero-order valence-electron chi connectivity index (χ0n) is 17.0. The van der Waals surface area contributed by atoms with Gasteiger partial charge in [-0.3, -0.25) is 0 Å². The van der Waals surface area contributed by atoms with E-state index in [1.807, 2.05) is 0 Å². The topological polar surface area (TPSA) is 80.3 Å². The van der Waals surface area contributed by atoms with Gasteiger partial charge in [-0.05, 0) is 24.3 Å². The summed E-state index contributed by atoms with van der Waals surface area (Å²) in [6, 6.07) is 25.5. The van der Waals surface area contributed by atoms with E-state index in [4.69, 9.17) is 23.7 Å². The minimum absolute atomic E-state index is 0.132. The quantitative estimate of drug-likeness (QED) is 0.284. The number of fused-ring (bicyclic) bond motifs is 1. The Morgan fingerprint density at radius 3 is 1.62 bits per heavy atom. The maximum absolute atomic E-state index is 12.4. The summed E-state index contributed by atoms with van der Waals surface area (Å²) < 4.78 is 26.6. The minimum Gasteiger partial charge on any atom is -0.493 e. The summed E-state index contributed by atoms with van der Waals surface area (Å²) >= 11 is 0. The third kappa shape index (κ3) is 4.79. The number of rotatable bonds is 5. The van der Waals surface area contributed by atoms with Crippen LogP contribution in [0.25, 0.3) is 10.8 Å². The zero-order valence-corrected chi connectivity index (χ0v) is 17.0. The van der Waals surface area contributed by atoms with Crippen molar-refractivity contribution in [2.75, 3.05) is 7.11 Å². The molecule has 0 aromatic heterocycles. The third-order valence-electron chi connectivity index (χ3n) is 4.41. The smallest absolute Gasteiger partial charge is 0.493 e. The molecule has 160 valence electrons. The number of para-hydroxylation sites is 2. The van der Waals surface area contributed by atoms with Crippen molar-refractivity contribution >= 4 is 23.1 Å². The van der Waals surface area contributed by atoms with Crippen LogP contribution in [0.4, 0.5) is 9.59 Å². The molecule has 4 aromatic rings. The van der Waals surface area contributed by atoms with Gasteiger partial charge in [-0.1, -0.05) is 60.7 Å². The molecule has 0 unspecified atom stereocenters. The standard InChI is InChI=1S/C25H18O7/c1-28-22-16-21(31-24(26)29-17-10-4-2-5-11-17)19-14-8-9-15-20(19)23(22)32-25(27)30-18-12-6-3-7-13-18/h2-16H,1H3. The Kier molecular flexibility index (Phi) is 6.17. The van der Waals surface area contributed by atoms with E-state index >= 15 is 0 Å². The third-order valence-corrected chi connectivity index (χ3v) is 4.41. The van der Waals surface area contributed by atoms with Gasteiger partial charge in [0.2, 0.25) is 0 Å². The molecule has 0 aliphatic rings. The Morgan fingerprint density at radius 1 is 0.562 bits per heavy atom. The highest BCUT2D eigenvalue weighted by Gasteiger charge is 2.21. The van der Waals surface area contributed by atoms with Crippen LogP contribution in [0.5, 0.6) is 28.7 Å². The molecular weight excluding hydrogens is 412 g/mol. The highest BCUT2D eigenvalue weighted by Crippen LogP contribution is 2.42. The molecule has 7 nitrogen and oxygen atoms in total. The molecule has 0 N–H and O–H groups in total. The van der Waals surface area contributed by atoms with Crippen molar-refractivity contribution in [1.29, 1.82) is 0 Å². The lowest BCUT2D eigenvalue weighted by atomic mass is 10.1. The molecule has 0 saturated heterocycles. The van der Waals surface area contributed by atoms with Gasteiger partial charge in [0.25, 0.3) is 0 Å². The molecule has 0 amide bonds. The fraction of sp³-hybridized carbons (Fsp3) is 0.0400. The van der Waals surface area contributed by atoms with Gasteiger partial charge in [0.1, 0.15) is 17.2 Å². The Hall–Kier alpha value is -4.52. The van der Waals surface area contributed by atoms with Gasteiger partial charge in [-0.25, -0.2) is 9.59 Å². The van der Waals surface area contributed by atoms with Crippen LogP contribution >= 0.6 is 0 Å². The Bertz CT molecular complexity index is 1240. The van der Waals surface area contributed by atoms with E-state index in [9.17, 15) is 9.59 Å². The molecule has 0 bridgehead atoms. The Labute approximate surface area is 183 Å². The first kappa shape index (κ1) is 20.7. The highest BCUT2D eigenvalue weighted by molar-refractivity contribution is 5.97. The molecule has 0 radical (unpaired) electrons. The minimum atomic E-state index is -0.934. The molecule has 0 fully saturated rings. The summed E-state index contributed by atoms with van der Waals surface area (Å²) in [4.78, 5) is 24.7. The van der Waals surface area contributed by atoms with Gasteiger partial charge in [-0.2, -0.15) is 0 Å². The summed E-state index contributed by atoms with van der Waals surface area (Å²) in [5, 5.41) is 1.00. The number of benzene rings is 4. The van der Waals surface area contributed by atoms with Crippen molar-refractivity contribution in [3.8, 4) is 28.7 Å². The summed E-state index contributed by atoms with van der Waals surface area (Å²) in [6.45, 7) is 0. The maximum atomic E-state index is 12.4. The molecule has 4 aromatic carbocycles. The van der Waals surface area contributed by atoms with Crippen LogP contribution in [0.1, 0.15) is 0 Å². The van der Waals surface area contributed by atoms with Gasteiger partial charge in [0, 0.05) is 16.8 Å². The van der Waals surface area contributed by atoms with E-state index in [1.54, 1.807) is 84.9 Å². The number of hydrogen-bond donors (Lipinski definition) is 0. The van der Waals surface area contributed by atoms with Crippen LogP contribution < -0.4 is 23.7 Å². The number of carbonyl (C=O) groups is 2. The van der Waals surface area contributed by atoms with Crippen LogP contribution in [0.2, 0.25) is 0 Å². The van der Waals surface area contributed by atoms with Crippen LogP contribution in [-0.4, -0.2) is 19.4 Å². The summed E-state index contributed by atoms with van der Waals surface area (Å²) in [5.41, 5.74) is 0. The van der Waals surface area contributed by atoms with E-state index in [0.717, 1.165) is 0 Å². The van der Waals surface area contributed by atoms with Gasteiger partial charge < -0.3 is 23.7 Å². The molecule has 0 saturated carbocycles. The predicted octanol–water partition coefficient (Wildman–Crippen LogP) is 6.00. The van der Waals surface area contributed by atoms with Crippen molar-refractivity contribution < 1.29 is 33.3 Å². The molecule has 0 spiro atoms. The van der Waals surface area contributed by atoms with Crippen molar-refractivity contribution in [1.82, 2.24) is 0 Å². The molecule has 0 atom stereocenters. The van der Waals surface area contributed by atoms with E-state index in [1.165, 1.54) is 13.2 Å². The first-order valence-corrected chi connectivity index (χ1v) is 9.63. The van der Waals surface area contributed by atoms with Crippen LogP contribution in [-0.2, 0) is 0 Å². The van der Waals surface area contributed by atoms with Crippen molar-refractivity contribution in [2.24, 2.45) is 0 Å². The lowest BCUT2D eigenvalue weighted by molar-refractivity contribution is 0.148. The number of ether oxygens (including phenoxy) is 5. The van der Waals surface area contributed by atoms with Crippen LogP contribution in [0, 0.1) is 0 Å². The van der Waals surface area contributed by atoms with Crippen molar-refractivity contribution in [3.63, 3.8) is 0 Å². The number of hydrogen-bond acceptors (Lipinski definition) is 7. The van der Waals surface area contributed by atoms with Gasteiger partial charge in [-0.15, -0.1) is 0 Å². The first-order chi connectivity index (χ1) is 15.6. The Balaban J connectivity index is 1.62. The molecule has 4 rings (SSSR count). The van der Waals surface area contributed by atoms with E-state index in [0.29, 0.717) is 22.3 Å². The maximum Gasteiger partial charge on any atom is 0.519 e. The molecule has 0 aliphatic carbocycles. The Morgan fingerprint density at radius 2 is 1.06 bits per heavy atom. The average molecular weight is 430 g/mol. The SMILES string of the molecule is COc1cc(OC(=O)Oc2ccccc2)c2ccccc2c1OC(=O)Oc1ccccc1. The second-order valence-corrected chi connectivity index (χ2v) is 6.49. The zero-order chi connectivity index (χ0) is 22.3. The molecular formula is C25H18O7. The van der Waals surface area contributed by atoms with E-state index in [2.05, 4.69) is 0 Å². The second-order valence-electron chi connectivity index (χ2n) is 6.49. The largest absolute Gasteiger partial charge is 0.519 e. The monoisotopic (exact) mass is 430 g/mol. The summed E-state index contributed by atoms with van der Waals surface area (Å²) in [6.07, 6.45) is -1.85. The van der Waals surface area contributed by atoms with Crippen molar-refractivity contribution in [2.45, 2.75) is 0 Å². The fourth-order valence-corrected chi connectivity index (χ4v) is 3.02. The van der Waals surface area contributed by atoms with E-state index in [-0.39, 0.29) is 17.2 Å². The van der Waals surface area contributed by atoms with Gasteiger partial charge in [0.15, 0.2) is 11.5 Å². The average Bonchev–Trinajstić information content (AvgIpc) is 2.81. The normalized spacial score (nSPS) is 10.3. The van der Waals surface area contributed by atoms with Crippen LogP contribution in [0.15, 0.2) is 91.0 Å². The highest BCUT2D eigenvalue weighted by atomic mass is 16.7. The lowest BCUT2D eigenvalue weighted by Crippen LogP contribution is -2.16. The molecule has 0 aliphatic heterocycles. The number of methoxy groups -OCH3 is 1. The lowest BCUT2D eigenvalue weighted by Gasteiger charge is -2.15. The first-order valence-electron chi connectivity index (χ1n) is 9.63. The van der Waals surface area contributed by atoms with Crippen LogP contribution in [0.3, 0.4) is 0 Å². The second kappa shape index (κ2) is 9.53. The summed E-state index contributed by atoms with van der Waals surface area (Å²) in [5.74, 6) is 1.17. The van der Waals surface area contributed by atoms with Crippen molar-refractivity contribution in [3.05, 3.63) is 91.0 Å². The molecule has 7 heteroatoms. The molecule has 32 heavy (non-hydrogen) atoms. The van der Waals surface area contributed by atoms with Gasteiger partial charge >= 0.3 is 12.3 Å².